The molecule has 6 nitrogen and oxygen atoms in total. The number of carboxylic acid groups (broad SMARTS) is 1. The minimum absolute atomic E-state index is 0.125. The van der Waals surface area contributed by atoms with Crippen LogP contribution in [0.2, 0.25) is 0 Å². The number of benzene rings is 1. The van der Waals surface area contributed by atoms with Crippen molar-refractivity contribution in [2.45, 2.75) is 25.7 Å². The number of nitrogens with one attached hydrogen (secondary N) is 1. The van der Waals surface area contributed by atoms with Crippen molar-refractivity contribution in [1.82, 2.24) is 4.90 Å². The van der Waals surface area contributed by atoms with Gasteiger partial charge in [0.25, 0.3) is 11.8 Å². The standard InChI is InChI=1S/C20H22N2O4S/c23-18(24)10-9-14-5-3-11-22(13-14)20(26)15-6-1-2-7-16(15)21-19(25)17-8-4-12-27-17/h1-2,4,6-8,12,14H,3,5,9-11,13H2,(H,21,25)(H,23,24). The number of amides is 2. The zero-order valence-electron chi connectivity index (χ0n) is 14.9. The normalized spacial score (nSPS) is 16.7. The fourth-order valence-corrected chi connectivity index (χ4v) is 3.97. The summed E-state index contributed by atoms with van der Waals surface area (Å²) in [5.74, 6) is -0.966. The maximum absolute atomic E-state index is 13.0. The molecule has 2 amide bonds. The van der Waals surface area contributed by atoms with Crippen LogP contribution in [-0.2, 0) is 4.79 Å². The Bertz CT molecular complexity index is 819. The lowest BCUT2D eigenvalue weighted by molar-refractivity contribution is -0.137. The van der Waals surface area contributed by atoms with E-state index in [0.717, 1.165) is 12.8 Å². The van der Waals surface area contributed by atoms with Gasteiger partial charge in [0.15, 0.2) is 0 Å². The van der Waals surface area contributed by atoms with Crippen LogP contribution in [-0.4, -0.2) is 40.9 Å². The van der Waals surface area contributed by atoms with Crippen LogP contribution in [0.15, 0.2) is 41.8 Å². The van der Waals surface area contributed by atoms with Crippen molar-refractivity contribution in [3.63, 3.8) is 0 Å². The van der Waals surface area contributed by atoms with Gasteiger partial charge in [-0.15, -0.1) is 11.3 Å². The van der Waals surface area contributed by atoms with E-state index < -0.39 is 5.97 Å². The molecule has 1 unspecified atom stereocenters. The lowest BCUT2D eigenvalue weighted by Crippen LogP contribution is -2.40. The van der Waals surface area contributed by atoms with Gasteiger partial charge >= 0.3 is 5.97 Å². The predicted molar refractivity (Wildman–Crippen MR) is 104 cm³/mol. The lowest BCUT2D eigenvalue weighted by atomic mass is 9.93. The van der Waals surface area contributed by atoms with Crippen molar-refractivity contribution in [3.8, 4) is 0 Å². The number of anilines is 1. The third kappa shape index (κ3) is 4.95. The number of carboxylic acids is 1. The predicted octanol–water partition coefficient (Wildman–Crippen LogP) is 3.72. The van der Waals surface area contributed by atoms with Crippen molar-refractivity contribution in [2.24, 2.45) is 5.92 Å². The molecular weight excluding hydrogens is 364 g/mol. The topological polar surface area (TPSA) is 86.7 Å². The van der Waals surface area contributed by atoms with Gasteiger partial charge in [-0.2, -0.15) is 0 Å². The number of carbonyl (C=O) groups excluding carboxylic acids is 2. The molecule has 1 aromatic heterocycles. The van der Waals surface area contributed by atoms with Crippen LogP contribution in [0.1, 0.15) is 45.7 Å². The second kappa shape index (κ2) is 8.81. The molecule has 7 heteroatoms. The summed E-state index contributed by atoms with van der Waals surface area (Å²) >= 11 is 1.35. The largest absolute Gasteiger partial charge is 0.481 e. The number of nitrogens with zero attached hydrogens (tertiary/aromatic N) is 1. The summed E-state index contributed by atoms with van der Waals surface area (Å²) in [5.41, 5.74) is 0.954. The van der Waals surface area contributed by atoms with Gasteiger partial charge in [0.05, 0.1) is 16.1 Å². The van der Waals surface area contributed by atoms with Gasteiger partial charge in [-0.25, -0.2) is 0 Å². The molecule has 142 valence electrons. The van der Waals surface area contributed by atoms with E-state index in [4.69, 9.17) is 5.11 Å². The van der Waals surface area contributed by atoms with E-state index >= 15 is 0 Å². The van der Waals surface area contributed by atoms with Gasteiger partial charge in [-0.1, -0.05) is 18.2 Å². The molecule has 0 bridgehead atoms. The fraction of sp³-hybridized carbons (Fsp3) is 0.350. The molecule has 0 saturated carbocycles. The van der Waals surface area contributed by atoms with Gasteiger partial charge < -0.3 is 15.3 Å². The Morgan fingerprint density at radius 2 is 2.00 bits per heavy atom. The average molecular weight is 386 g/mol. The summed E-state index contributed by atoms with van der Waals surface area (Å²) < 4.78 is 0. The van der Waals surface area contributed by atoms with Crippen LogP contribution in [0.25, 0.3) is 0 Å². The highest BCUT2D eigenvalue weighted by atomic mass is 32.1. The molecule has 0 aliphatic carbocycles. The molecule has 1 aliphatic rings. The van der Waals surface area contributed by atoms with E-state index in [-0.39, 0.29) is 24.2 Å². The first kappa shape index (κ1) is 19.1. The minimum Gasteiger partial charge on any atom is -0.481 e. The first-order valence-electron chi connectivity index (χ1n) is 8.99. The van der Waals surface area contributed by atoms with E-state index in [2.05, 4.69) is 5.32 Å². The number of para-hydroxylation sites is 1. The first-order valence-corrected chi connectivity index (χ1v) is 9.87. The SMILES string of the molecule is O=C(O)CCC1CCCN(C(=O)c2ccccc2NC(=O)c2cccs2)C1. The number of piperidine rings is 1. The minimum atomic E-state index is -0.805. The number of thiophene rings is 1. The summed E-state index contributed by atoms with van der Waals surface area (Å²) in [7, 11) is 0. The van der Waals surface area contributed by atoms with Crippen LogP contribution in [0.5, 0.6) is 0 Å². The Hall–Kier alpha value is -2.67. The Morgan fingerprint density at radius 3 is 2.74 bits per heavy atom. The van der Waals surface area contributed by atoms with E-state index in [1.165, 1.54) is 11.3 Å². The monoisotopic (exact) mass is 386 g/mol. The molecule has 1 aliphatic heterocycles. The van der Waals surface area contributed by atoms with Crippen LogP contribution in [0, 0.1) is 5.92 Å². The molecule has 27 heavy (non-hydrogen) atoms. The Kier molecular flexibility index (Phi) is 6.24. The summed E-state index contributed by atoms with van der Waals surface area (Å²) in [6.07, 6.45) is 2.50. The second-order valence-corrected chi connectivity index (χ2v) is 7.62. The maximum atomic E-state index is 13.0. The van der Waals surface area contributed by atoms with Gasteiger partial charge in [-0.3, -0.25) is 14.4 Å². The van der Waals surface area contributed by atoms with Gasteiger partial charge in [0, 0.05) is 19.5 Å². The smallest absolute Gasteiger partial charge is 0.303 e. The third-order valence-electron chi connectivity index (χ3n) is 4.72. The van der Waals surface area contributed by atoms with Crippen molar-refractivity contribution in [3.05, 3.63) is 52.2 Å². The van der Waals surface area contributed by atoms with Gasteiger partial charge in [0.2, 0.25) is 0 Å². The summed E-state index contributed by atoms with van der Waals surface area (Å²) in [5, 5.41) is 13.5. The second-order valence-electron chi connectivity index (χ2n) is 6.67. The van der Waals surface area contributed by atoms with Crippen molar-refractivity contribution < 1.29 is 19.5 Å². The molecule has 2 heterocycles. The molecule has 1 atom stereocenters. The number of hydrogen-bond donors (Lipinski definition) is 2. The highest BCUT2D eigenvalue weighted by Gasteiger charge is 2.26. The molecular formula is C20H22N2O4S. The zero-order chi connectivity index (χ0) is 19.2. The van der Waals surface area contributed by atoms with Crippen LogP contribution < -0.4 is 5.32 Å². The fourth-order valence-electron chi connectivity index (χ4n) is 3.35. The van der Waals surface area contributed by atoms with Crippen molar-refractivity contribution in [1.29, 1.82) is 0 Å². The number of carbonyl (C=O) groups is 3. The molecule has 2 aromatic rings. The number of aliphatic carboxylic acids is 1. The Labute approximate surface area is 161 Å². The van der Waals surface area contributed by atoms with Crippen molar-refractivity contribution >= 4 is 34.8 Å². The highest BCUT2D eigenvalue weighted by Crippen LogP contribution is 2.25. The van der Waals surface area contributed by atoms with E-state index in [9.17, 15) is 14.4 Å². The van der Waals surface area contributed by atoms with E-state index in [1.54, 1.807) is 35.2 Å². The third-order valence-corrected chi connectivity index (χ3v) is 5.59. The Balaban J connectivity index is 1.71. The average Bonchev–Trinajstić information content (AvgIpc) is 3.21. The van der Waals surface area contributed by atoms with Crippen LogP contribution >= 0.6 is 11.3 Å². The molecule has 0 radical (unpaired) electrons. The van der Waals surface area contributed by atoms with Crippen molar-refractivity contribution in [2.75, 3.05) is 18.4 Å². The molecule has 1 saturated heterocycles. The molecule has 0 spiro atoms. The number of hydrogen-bond acceptors (Lipinski definition) is 4. The summed E-state index contributed by atoms with van der Waals surface area (Å²) in [6, 6.07) is 10.5. The van der Waals surface area contributed by atoms with Crippen LogP contribution in [0.4, 0.5) is 5.69 Å². The quantitative estimate of drug-likeness (QED) is 0.792. The zero-order valence-corrected chi connectivity index (χ0v) is 15.7. The molecule has 2 N–H and O–H groups in total. The molecule has 1 fully saturated rings. The van der Waals surface area contributed by atoms with Gasteiger partial charge in [-0.05, 0) is 48.8 Å². The Morgan fingerprint density at radius 1 is 1.19 bits per heavy atom. The maximum Gasteiger partial charge on any atom is 0.303 e. The van der Waals surface area contributed by atoms with E-state index in [0.29, 0.717) is 35.6 Å². The number of rotatable bonds is 6. The summed E-state index contributed by atoms with van der Waals surface area (Å²) in [4.78, 5) is 38.5. The van der Waals surface area contributed by atoms with E-state index in [1.807, 2.05) is 11.4 Å². The first-order chi connectivity index (χ1) is 13.0. The highest BCUT2D eigenvalue weighted by molar-refractivity contribution is 7.12. The van der Waals surface area contributed by atoms with Gasteiger partial charge in [0.1, 0.15) is 0 Å². The lowest BCUT2D eigenvalue weighted by Gasteiger charge is -2.33. The van der Waals surface area contributed by atoms with Crippen LogP contribution in [0.3, 0.4) is 0 Å². The summed E-state index contributed by atoms with van der Waals surface area (Å²) in [6.45, 7) is 1.20. The molecule has 3 rings (SSSR count). The molecule has 1 aromatic carbocycles. The number of likely N-dealkylation sites (tertiary alicyclic amines) is 1.